The maximum atomic E-state index is 11.8. The van der Waals surface area contributed by atoms with Crippen molar-refractivity contribution < 1.29 is 24.2 Å². The van der Waals surface area contributed by atoms with Crippen molar-refractivity contribution in [2.75, 3.05) is 32.9 Å². The van der Waals surface area contributed by atoms with Gasteiger partial charge in [0.1, 0.15) is 0 Å². The standard InChI is InChI=1S/C10H16N2O5/c13-9(14)8-5-12(2-4-17-8)10(15)11-7-1-3-16-6-7/h7-8H,1-6H2,(H,11,15)(H,13,14). The van der Waals surface area contributed by atoms with Crippen LogP contribution in [0.3, 0.4) is 0 Å². The van der Waals surface area contributed by atoms with Gasteiger partial charge < -0.3 is 24.8 Å². The summed E-state index contributed by atoms with van der Waals surface area (Å²) in [7, 11) is 0. The van der Waals surface area contributed by atoms with Crippen LogP contribution in [0.15, 0.2) is 0 Å². The number of morpholine rings is 1. The van der Waals surface area contributed by atoms with Crippen LogP contribution in [0.1, 0.15) is 6.42 Å². The van der Waals surface area contributed by atoms with E-state index in [1.54, 1.807) is 0 Å². The second-order valence-electron chi connectivity index (χ2n) is 4.15. The largest absolute Gasteiger partial charge is 0.479 e. The van der Waals surface area contributed by atoms with Gasteiger partial charge in [0, 0.05) is 13.2 Å². The summed E-state index contributed by atoms with van der Waals surface area (Å²) < 4.78 is 10.2. The Morgan fingerprint density at radius 3 is 2.82 bits per heavy atom. The number of urea groups is 1. The number of ether oxygens (including phenoxy) is 2. The van der Waals surface area contributed by atoms with E-state index in [2.05, 4.69) is 5.32 Å². The van der Waals surface area contributed by atoms with Gasteiger partial charge in [0.2, 0.25) is 0 Å². The maximum absolute atomic E-state index is 11.8. The first-order chi connectivity index (χ1) is 8.16. The number of hydrogen-bond donors (Lipinski definition) is 2. The number of carbonyl (C=O) groups excluding carboxylic acids is 1. The van der Waals surface area contributed by atoms with Crippen LogP contribution in [-0.2, 0) is 14.3 Å². The van der Waals surface area contributed by atoms with Crippen molar-refractivity contribution in [1.82, 2.24) is 10.2 Å². The van der Waals surface area contributed by atoms with Gasteiger partial charge in [-0.05, 0) is 6.42 Å². The third kappa shape index (κ3) is 3.07. The molecule has 0 bridgehead atoms. The number of aliphatic carboxylic acids is 1. The van der Waals surface area contributed by atoms with Gasteiger partial charge in [-0.3, -0.25) is 0 Å². The lowest BCUT2D eigenvalue weighted by molar-refractivity contribution is -0.154. The molecule has 0 aromatic carbocycles. The lowest BCUT2D eigenvalue weighted by Gasteiger charge is -2.31. The highest BCUT2D eigenvalue weighted by molar-refractivity contribution is 5.77. The molecule has 2 amide bonds. The minimum Gasteiger partial charge on any atom is -0.479 e. The lowest BCUT2D eigenvalue weighted by Crippen LogP contribution is -2.53. The first-order valence-electron chi connectivity index (χ1n) is 5.64. The van der Waals surface area contributed by atoms with E-state index in [-0.39, 0.29) is 25.2 Å². The quantitative estimate of drug-likeness (QED) is 0.668. The molecule has 0 aromatic heterocycles. The summed E-state index contributed by atoms with van der Waals surface area (Å²) in [4.78, 5) is 24.1. The Hall–Kier alpha value is -1.34. The topological polar surface area (TPSA) is 88.1 Å². The molecular formula is C10H16N2O5. The van der Waals surface area contributed by atoms with Crippen LogP contribution in [0.4, 0.5) is 4.79 Å². The first-order valence-corrected chi connectivity index (χ1v) is 5.64. The molecule has 2 unspecified atom stereocenters. The third-order valence-electron chi connectivity index (χ3n) is 2.89. The molecule has 2 aliphatic rings. The molecule has 7 heteroatoms. The zero-order valence-corrected chi connectivity index (χ0v) is 9.42. The number of nitrogens with one attached hydrogen (secondary N) is 1. The summed E-state index contributed by atoms with van der Waals surface area (Å²) in [6.07, 6.45) is -0.118. The Bertz CT molecular complexity index is 303. The van der Waals surface area contributed by atoms with Crippen LogP contribution in [0, 0.1) is 0 Å². The highest BCUT2D eigenvalue weighted by atomic mass is 16.5. The Morgan fingerprint density at radius 1 is 1.35 bits per heavy atom. The molecule has 2 rings (SSSR count). The van der Waals surface area contributed by atoms with Crippen molar-refractivity contribution in [3.05, 3.63) is 0 Å². The SMILES string of the molecule is O=C(O)C1CN(C(=O)NC2CCOC2)CCO1. The predicted molar refractivity (Wildman–Crippen MR) is 56.7 cm³/mol. The summed E-state index contributed by atoms with van der Waals surface area (Å²) in [5.41, 5.74) is 0. The van der Waals surface area contributed by atoms with Crippen molar-refractivity contribution >= 4 is 12.0 Å². The molecule has 7 nitrogen and oxygen atoms in total. The second-order valence-corrected chi connectivity index (χ2v) is 4.15. The fraction of sp³-hybridized carbons (Fsp3) is 0.800. The highest BCUT2D eigenvalue weighted by Gasteiger charge is 2.30. The number of amides is 2. The van der Waals surface area contributed by atoms with Gasteiger partial charge in [-0.1, -0.05) is 0 Å². The van der Waals surface area contributed by atoms with Crippen LogP contribution in [0.5, 0.6) is 0 Å². The Kier molecular flexibility index (Phi) is 3.80. The molecule has 0 aromatic rings. The minimum absolute atomic E-state index is 0.0358. The molecule has 2 aliphatic heterocycles. The molecule has 0 aliphatic carbocycles. The molecule has 2 atom stereocenters. The normalized spacial score (nSPS) is 29.1. The van der Waals surface area contributed by atoms with E-state index in [1.165, 1.54) is 4.90 Å². The summed E-state index contributed by atoms with van der Waals surface area (Å²) in [6.45, 7) is 1.95. The third-order valence-corrected chi connectivity index (χ3v) is 2.89. The summed E-state index contributed by atoms with van der Waals surface area (Å²) in [6, 6.07) is -0.205. The molecule has 2 N–H and O–H groups in total. The van der Waals surface area contributed by atoms with Gasteiger partial charge in [0.05, 0.1) is 25.8 Å². The monoisotopic (exact) mass is 244 g/mol. The van der Waals surface area contributed by atoms with Crippen molar-refractivity contribution in [3.8, 4) is 0 Å². The van der Waals surface area contributed by atoms with Crippen LogP contribution in [-0.4, -0.2) is 67.1 Å². The fourth-order valence-corrected chi connectivity index (χ4v) is 1.90. The molecule has 2 saturated heterocycles. The van der Waals surface area contributed by atoms with E-state index in [4.69, 9.17) is 14.6 Å². The molecule has 0 saturated carbocycles. The zero-order valence-electron chi connectivity index (χ0n) is 9.42. The Morgan fingerprint density at radius 2 is 2.18 bits per heavy atom. The number of hydrogen-bond acceptors (Lipinski definition) is 4. The van der Waals surface area contributed by atoms with Gasteiger partial charge in [0.15, 0.2) is 6.10 Å². The fourth-order valence-electron chi connectivity index (χ4n) is 1.90. The molecular weight excluding hydrogens is 228 g/mol. The number of nitrogens with zero attached hydrogens (tertiary/aromatic N) is 1. The predicted octanol–water partition coefficient (Wildman–Crippen LogP) is -0.730. The number of rotatable bonds is 2. The van der Waals surface area contributed by atoms with E-state index in [0.717, 1.165) is 6.42 Å². The van der Waals surface area contributed by atoms with E-state index in [1.807, 2.05) is 0 Å². The maximum Gasteiger partial charge on any atom is 0.334 e. The molecule has 0 spiro atoms. The number of carbonyl (C=O) groups is 2. The van der Waals surface area contributed by atoms with Crippen molar-refractivity contribution in [3.63, 3.8) is 0 Å². The van der Waals surface area contributed by atoms with Crippen molar-refractivity contribution in [2.24, 2.45) is 0 Å². The molecule has 17 heavy (non-hydrogen) atoms. The zero-order chi connectivity index (χ0) is 12.3. The molecule has 2 fully saturated rings. The Labute approximate surface area is 98.7 Å². The van der Waals surface area contributed by atoms with E-state index in [9.17, 15) is 9.59 Å². The molecule has 96 valence electrons. The lowest BCUT2D eigenvalue weighted by atomic mass is 10.2. The summed E-state index contributed by atoms with van der Waals surface area (Å²) >= 11 is 0. The van der Waals surface area contributed by atoms with Gasteiger partial charge in [-0.2, -0.15) is 0 Å². The molecule has 2 heterocycles. The van der Waals surface area contributed by atoms with Crippen LogP contribution in [0.25, 0.3) is 0 Å². The minimum atomic E-state index is -1.04. The van der Waals surface area contributed by atoms with Gasteiger partial charge in [-0.15, -0.1) is 0 Å². The smallest absolute Gasteiger partial charge is 0.334 e. The Balaban J connectivity index is 1.83. The van der Waals surface area contributed by atoms with Crippen LogP contribution in [0.2, 0.25) is 0 Å². The number of carboxylic acids is 1. The van der Waals surface area contributed by atoms with Crippen LogP contribution >= 0.6 is 0 Å². The average Bonchev–Trinajstić information content (AvgIpc) is 2.82. The van der Waals surface area contributed by atoms with E-state index < -0.39 is 12.1 Å². The van der Waals surface area contributed by atoms with Crippen molar-refractivity contribution in [2.45, 2.75) is 18.6 Å². The second kappa shape index (κ2) is 5.33. The van der Waals surface area contributed by atoms with Gasteiger partial charge in [-0.25, -0.2) is 9.59 Å². The highest BCUT2D eigenvalue weighted by Crippen LogP contribution is 2.08. The first kappa shape index (κ1) is 12.1. The number of carboxylic acid groups (broad SMARTS) is 1. The van der Waals surface area contributed by atoms with Gasteiger partial charge >= 0.3 is 12.0 Å². The van der Waals surface area contributed by atoms with Crippen molar-refractivity contribution in [1.29, 1.82) is 0 Å². The summed E-state index contributed by atoms with van der Waals surface area (Å²) in [5, 5.41) is 11.6. The van der Waals surface area contributed by atoms with Gasteiger partial charge in [0.25, 0.3) is 0 Å². The molecule has 0 radical (unpaired) electrons. The van der Waals surface area contributed by atoms with E-state index >= 15 is 0 Å². The average molecular weight is 244 g/mol. The van der Waals surface area contributed by atoms with E-state index in [0.29, 0.717) is 19.8 Å². The van der Waals surface area contributed by atoms with Crippen LogP contribution < -0.4 is 5.32 Å². The summed E-state index contributed by atoms with van der Waals surface area (Å²) in [5.74, 6) is -1.04.